The van der Waals surface area contributed by atoms with E-state index < -0.39 is 0 Å². The smallest absolute Gasteiger partial charge is 0.189 e. The maximum Gasteiger partial charge on any atom is 0.189 e. The SMILES string of the molecule is CCC(C)NC(N)=NCc1cn2ccccc2n1. The van der Waals surface area contributed by atoms with Gasteiger partial charge in [-0.1, -0.05) is 13.0 Å². The fourth-order valence-electron chi connectivity index (χ4n) is 1.63. The summed E-state index contributed by atoms with van der Waals surface area (Å²) in [6.45, 7) is 4.68. The van der Waals surface area contributed by atoms with E-state index in [2.05, 4.69) is 29.1 Å². The minimum absolute atomic E-state index is 0.342. The zero-order valence-corrected chi connectivity index (χ0v) is 10.8. The molecule has 0 spiro atoms. The van der Waals surface area contributed by atoms with E-state index >= 15 is 0 Å². The number of hydrogen-bond acceptors (Lipinski definition) is 2. The van der Waals surface area contributed by atoms with Gasteiger partial charge in [0.1, 0.15) is 5.65 Å². The molecule has 0 radical (unpaired) electrons. The van der Waals surface area contributed by atoms with Crippen molar-refractivity contribution < 1.29 is 0 Å². The van der Waals surface area contributed by atoms with Crippen LogP contribution in [0.4, 0.5) is 0 Å². The molecule has 1 unspecified atom stereocenters. The maximum atomic E-state index is 5.80. The summed E-state index contributed by atoms with van der Waals surface area (Å²) in [5.41, 5.74) is 7.64. The third kappa shape index (κ3) is 3.00. The van der Waals surface area contributed by atoms with Gasteiger partial charge in [0.15, 0.2) is 5.96 Å². The molecule has 0 fully saturated rings. The van der Waals surface area contributed by atoms with Crippen molar-refractivity contribution >= 4 is 11.6 Å². The largest absolute Gasteiger partial charge is 0.370 e. The van der Waals surface area contributed by atoms with Gasteiger partial charge in [0.05, 0.1) is 12.2 Å². The van der Waals surface area contributed by atoms with Crippen LogP contribution in [0.15, 0.2) is 35.6 Å². The van der Waals surface area contributed by atoms with Crippen LogP contribution in [-0.2, 0) is 6.54 Å². The monoisotopic (exact) mass is 245 g/mol. The van der Waals surface area contributed by atoms with Crippen LogP contribution in [0.25, 0.3) is 5.65 Å². The lowest BCUT2D eigenvalue weighted by Crippen LogP contribution is -2.38. The van der Waals surface area contributed by atoms with E-state index in [9.17, 15) is 0 Å². The third-order valence-electron chi connectivity index (χ3n) is 2.83. The van der Waals surface area contributed by atoms with Crippen molar-refractivity contribution in [2.45, 2.75) is 32.9 Å². The molecular weight excluding hydrogens is 226 g/mol. The average molecular weight is 245 g/mol. The van der Waals surface area contributed by atoms with Crippen LogP contribution in [0.5, 0.6) is 0 Å². The number of hydrogen-bond donors (Lipinski definition) is 2. The molecule has 0 aromatic carbocycles. The van der Waals surface area contributed by atoms with Crippen molar-refractivity contribution in [3.05, 3.63) is 36.3 Å². The molecule has 2 rings (SSSR count). The Kier molecular flexibility index (Phi) is 3.82. The number of pyridine rings is 1. The lowest BCUT2D eigenvalue weighted by atomic mass is 10.3. The van der Waals surface area contributed by atoms with Crippen molar-refractivity contribution in [3.63, 3.8) is 0 Å². The quantitative estimate of drug-likeness (QED) is 0.634. The van der Waals surface area contributed by atoms with Gasteiger partial charge in [0.2, 0.25) is 0 Å². The fraction of sp³-hybridized carbons (Fsp3) is 0.385. The van der Waals surface area contributed by atoms with Crippen LogP contribution in [0.1, 0.15) is 26.0 Å². The summed E-state index contributed by atoms with van der Waals surface area (Å²) < 4.78 is 1.98. The zero-order chi connectivity index (χ0) is 13.0. The molecule has 2 aromatic heterocycles. The molecule has 0 amide bonds. The third-order valence-corrected chi connectivity index (χ3v) is 2.83. The number of rotatable bonds is 4. The van der Waals surface area contributed by atoms with Crippen LogP contribution >= 0.6 is 0 Å². The minimum atomic E-state index is 0.342. The lowest BCUT2D eigenvalue weighted by Gasteiger charge is -2.11. The fourth-order valence-corrected chi connectivity index (χ4v) is 1.63. The standard InChI is InChI=1S/C13H19N5/c1-3-10(2)16-13(14)15-8-11-9-18-7-5-4-6-12(18)17-11/h4-7,9-10H,3,8H2,1-2H3,(H3,14,15,16). The Balaban J connectivity index is 2.03. The van der Waals surface area contributed by atoms with E-state index in [1.165, 1.54) is 0 Å². The summed E-state index contributed by atoms with van der Waals surface area (Å²) in [5, 5.41) is 3.13. The van der Waals surface area contributed by atoms with Gasteiger partial charge in [-0.15, -0.1) is 0 Å². The summed E-state index contributed by atoms with van der Waals surface area (Å²) in [6.07, 6.45) is 4.95. The predicted octanol–water partition coefficient (Wildman–Crippen LogP) is 1.54. The van der Waals surface area contributed by atoms with Gasteiger partial charge in [0.25, 0.3) is 0 Å². The number of aliphatic imine (C=N–C) groups is 1. The summed E-state index contributed by atoms with van der Waals surface area (Å²) in [5.74, 6) is 0.474. The number of aromatic nitrogens is 2. The molecule has 0 bridgehead atoms. The number of guanidine groups is 1. The van der Waals surface area contributed by atoms with E-state index in [0.717, 1.165) is 17.8 Å². The highest BCUT2D eigenvalue weighted by molar-refractivity contribution is 5.78. The van der Waals surface area contributed by atoms with Gasteiger partial charge in [-0.2, -0.15) is 0 Å². The van der Waals surface area contributed by atoms with Crippen LogP contribution in [0.3, 0.4) is 0 Å². The van der Waals surface area contributed by atoms with Crippen molar-refractivity contribution in [1.82, 2.24) is 14.7 Å². The molecule has 2 heterocycles. The minimum Gasteiger partial charge on any atom is -0.370 e. The summed E-state index contributed by atoms with van der Waals surface area (Å²) in [6, 6.07) is 6.25. The molecular formula is C13H19N5. The zero-order valence-electron chi connectivity index (χ0n) is 10.8. The number of imidazole rings is 1. The first-order valence-electron chi connectivity index (χ1n) is 6.18. The molecule has 3 N–H and O–H groups in total. The molecule has 0 saturated carbocycles. The molecule has 1 atom stereocenters. The Morgan fingerprint density at radius 2 is 2.39 bits per heavy atom. The van der Waals surface area contributed by atoms with Gasteiger partial charge in [-0.3, -0.25) is 0 Å². The highest BCUT2D eigenvalue weighted by atomic mass is 15.1. The van der Waals surface area contributed by atoms with Gasteiger partial charge in [0, 0.05) is 18.4 Å². The van der Waals surface area contributed by atoms with Gasteiger partial charge >= 0.3 is 0 Å². The molecule has 18 heavy (non-hydrogen) atoms. The molecule has 96 valence electrons. The Morgan fingerprint density at radius 1 is 1.56 bits per heavy atom. The number of nitrogens with two attached hydrogens (primary N) is 1. The number of nitrogens with one attached hydrogen (secondary N) is 1. The van der Waals surface area contributed by atoms with Crippen molar-refractivity contribution in [2.24, 2.45) is 10.7 Å². The highest BCUT2D eigenvalue weighted by Gasteiger charge is 2.01. The first kappa shape index (κ1) is 12.4. The second-order valence-electron chi connectivity index (χ2n) is 4.35. The van der Waals surface area contributed by atoms with E-state index in [1.54, 1.807) is 0 Å². The van der Waals surface area contributed by atoms with Crippen LogP contribution in [-0.4, -0.2) is 21.4 Å². The predicted molar refractivity (Wildman–Crippen MR) is 73.4 cm³/mol. The second-order valence-corrected chi connectivity index (χ2v) is 4.35. The van der Waals surface area contributed by atoms with Crippen molar-refractivity contribution in [1.29, 1.82) is 0 Å². The molecule has 5 nitrogen and oxygen atoms in total. The van der Waals surface area contributed by atoms with Crippen LogP contribution in [0, 0.1) is 0 Å². The molecule has 2 aromatic rings. The first-order chi connectivity index (χ1) is 8.69. The van der Waals surface area contributed by atoms with E-state index in [-0.39, 0.29) is 0 Å². The van der Waals surface area contributed by atoms with Gasteiger partial charge in [-0.05, 0) is 25.5 Å². The Hall–Kier alpha value is -2.04. The van der Waals surface area contributed by atoms with E-state index in [1.807, 2.05) is 35.0 Å². The normalized spacial score (nSPS) is 13.8. The summed E-state index contributed by atoms with van der Waals surface area (Å²) in [7, 11) is 0. The summed E-state index contributed by atoms with van der Waals surface area (Å²) in [4.78, 5) is 8.74. The molecule has 5 heteroatoms. The van der Waals surface area contributed by atoms with Crippen LogP contribution < -0.4 is 11.1 Å². The van der Waals surface area contributed by atoms with E-state index in [4.69, 9.17) is 5.73 Å². The average Bonchev–Trinajstić information content (AvgIpc) is 2.79. The first-order valence-corrected chi connectivity index (χ1v) is 6.18. The van der Waals surface area contributed by atoms with Crippen molar-refractivity contribution in [3.8, 4) is 0 Å². The van der Waals surface area contributed by atoms with Gasteiger partial charge < -0.3 is 15.5 Å². The topological polar surface area (TPSA) is 67.7 Å². The number of nitrogens with zero attached hydrogens (tertiary/aromatic N) is 3. The molecule has 0 saturated heterocycles. The van der Waals surface area contributed by atoms with Crippen LogP contribution in [0.2, 0.25) is 0 Å². The second kappa shape index (κ2) is 5.53. The number of fused-ring (bicyclic) bond motifs is 1. The maximum absolute atomic E-state index is 5.80. The van der Waals surface area contributed by atoms with E-state index in [0.29, 0.717) is 18.5 Å². The van der Waals surface area contributed by atoms with Crippen molar-refractivity contribution in [2.75, 3.05) is 0 Å². The molecule has 0 aliphatic heterocycles. The van der Waals surface area contributed by atoms with Gasteiger partial charge in [-0.25, -0.2) is 9.98 Å². The Bertz CT molecular complexity index is 510. The Labute approximate surface area is 107 Å². The Morgan fingerprint density at radius 3 is 3.11 bits per heavy atom. The highest BCUT2D eigenvalue weighted by Crippen LogP contribution is 2.05. The molecule has 0 aliphatic rings. The molecule has 0 aliphatic carbocycles. The lowest BCUT2D eigenvalue weighted by molar-refractivity contribution is 0.636. The summed E-state index contributed by atoms with van der Waals surface area (Å²) >= 11 is 0.